The quantitative estimate of drug-likeness (QED) is 0.835. The second-order valence-electron chi connectivity index (χ2n) is 4.28. The van der Waals surface area contributed by atoms with Gasteiger partial charge in [0.15, 0.2) is 0 Å². The Balaban J connectivity index is 2.51. The maximum Gasteiger partial charge on any atom is 0.419 e. The molecule has 19 heavy (non-hydrogen) atoms. The van der Waals surface area contributed by atoms with Crippen LogP contribution in [0.15, 0.2) is 24.5 Å². The summed E-state index contributed by atoms with van der Waals surface area (Å²) in [7, 11) is 1.55. The Morgan fingerprint density at radius 1 is 1.16 bits per heavy atom. The smallest absolute Gasteiger partial charge is 0.419 e. The van der Waals surface area contributed by atoms with Gasteiger partial charge in [0.05, 0.1) is 24.6 Å². The molecule has 0 atom stereocenters. The summed E-state index contributed by atoms with van der Waals surface area (Å²) < 4.78 is 44.0. The van der Waals surface area contributed by atoms with Crippen molar-refractivity contribution in [3.8, 4) is 11.4 Å². The lowest BCUT2D eigenvalue weighted by Gasteiger charge is -2.12. The van der Waals surface area contributed by atoms with Crippen LogP contribution in [0.4, 0.5) is 13.2 Å². The molecular formula is C13H13F3N2O. The highest BCUT2D eigenvalue weighted by Gasteiger charge is 2.32. The van der Waals surface area contributed by atoms with E-state index in [4.69, 9.17) is 4.74 Å². The molecular weight excluding hydrogens is 257 g/mol. The Hall–Kier alpha value is -1.98. The molecule has 2 rings (SSSR count). The van der Waals surface area contributed by atoms with E-state index in [0.717, 1.165) is 23.5 Å². The molecule has 1 aromatic carbocycles. The monoisotopic (exact) mass is 270 g/mol. The Kier molecular flexibility index (Phi) is 3.26. The first-order valence-corrected chi connectivity index (χ1v) is 5.60. The van der Waals surface area contributed by atoms with Crippen molar-refractivity contribution >= 4 is 0 Å². The van der Waals surface area contributed by atoms with Crippen molar-refractivity contribution < 1.29 is 17.9 Å². The third-order valence-corrected chi connectivity index (χ3v) is 2.84. The van der Waals surface area contributed by atoms with E-state index in [1.165, 1.54) is 4.68 Å². The first-order chi connectivity index (χ1) is 8.82. The fourth-order valence-corrected chi connectivity index (χ4v) is 1.99. The molecule has 102 valence electrons. The summed E-state index contributed by atoms with van der Waals surface area (Å²) in [6.45, 7) is 3.61. The van der Waals surface area contributed by atoms with Gasteiger partial charge in [-0.15, -0.1) is 0 Å². The Morgan fingerprint density at radius 3 is 2.16 bits per heavy atom. The van der Waals surface area contributed by atoms with Crippen molar-refractivity contribution in [2.75, 3.05) is 7.11 Å². The van der Waals surface area contributed by atoms with Gasteiger partial charge < -0.3 is 4.74 Å². The zero-order chi connectivity index (χ0) is 14.2. The summed E-state index contributed by atoms with van der Waals surface area (Å²) >= 11 is 0. The lowest BCUT2D eigenvalue weighted by Crippen LogP contribution is -2.04. The van der Waals surface area contributed by atoms with Gasteiger partial charge in [0.25, 0.3) is 0 Å². The molecule has 0 fully saturated rings. The van der Waals surface area contributed by atoms with Gasteiger partial charge in [-0.2, -0.15) is 18.3 Å². The molecule has 0 saturated heterocycles. The van der Waals surface area contributed by atoms with Crippen molar-refractivity contribution in [2.45, 2.75) is 20.0 Å². The van der Waals surface area contributed by atoms with Crippen LogP contribution < -0.4 is 4.74 Å². The minimum atomic E-state index is -4.38. The highest BCUT2D eigenvalue weighted by atomic mass is 19.4. The fourth-order valence-electron chi connectivity index (χ4n) is 1.99. The summed E-state index contributed by atoms with van der Waals surface area (Å²) in [5.74, 6) is 0.668. The van der Waals surface area contributed by atoms with E-state index in [-0.39, 0.29) is 0 Å². The zero-order valence-electron chi connectivity index (χ0n) is 10.7. The summed E-state index contributed by atoms with van der Waals surface area (Å²) in [4.78, 5) is 0. The summed E-state index contributed by atoms with van der Waals surface area (Å²) in [6.07, 6.45) is -2.57. The van der Waals surface area contributed by atoms with E-state index in [1.807, 2.05) is 0 Å². The second kappa shape index (κ2) is 4.60. The van der Waals surface area contributed by atoms with Gasteiger partial charge in [0, 0.05) is 6.20 Å². The topological polar surface area (TPSA) is 27.1 Å². The van der Waals surface area contributed by atoms with Crippen molar-refractivity contribution in [1.82, 2.24) is 9.78 Å². The number of halogens is 3. The van der Waals surface area contributed by atoms with Crippen LogP contribution in [0.2, 0.25) is 0 Å². The van der Waals surface area contributed by atoms with Crippen LogP contribution in [0.1, 0.15) is 16.7 Å². The average Bonchev–Trinajstić information content (AvgIpc) is 2.76. The summed E-state index contributed by atoms with van der Waals surface area (Å²) in [6, 6.07) is 3.52. The molecule has 0 unspecified atom stereocenters. The lowest BCUT2D eigenvalue weighted by molar-refractivity contribution is -0.137. The molecule has 6 heteroatoms. The van der Waals surface area contributed by atoms with Crippen LogP contribution in [0.25, 0.3) is 5.69 Å². The minimum Gasteiger partial charge on any atom is -0.497 e. The predicted molar refractivity (Wildman–Crippen MR) is 64.6 cm³/mol. The molecule has 0 bridgehead atoms. The molecule has 0 aliphatic rings. The van der Waals surface area contributed by atoms with E-state index in [0.29, 0.717) is 11.4 Å². The second-order valence-corrected chi connectivity index (χ2v) is 4.28. The van der Waals surface area contributed by atoms with Crippen molar-refractivity contribution in [2.24, 2.45) is 0 Å². The molecule has 0 N–H and O–H groups in total. The molecule has 0 saturated carbocycles. The molecule has 2 aromatic rings. The van der Waals surface area contributed by atoms with E-state index in [9.17, 15) is 13.2 Å². The van der Waals surface area contributed by atoms with Crippen LogP contribution >= 0.6 is 0 Å². The number of nitrogens with zero attached hydrogens (tertiary/aromatic N) is 2. The number of hydrogen-bond donors (Lipinski definition) is 0. The number of methoxy groups -OCH3 is 1. The molecule has 1 aromatic heterocycles. The van der Waals surface area contributed by atoms with Gasteiger partial charge in [-0.1, -0.05) is 0 Å². The molecule has 0 spiro atoms. The third kappa shape index (κ3) is 2.57. The van der Waals surface area contributed by atoms with Gasteiger partial charge in [0.1, 0.15) is 5.75 Å². The molecule has 3 nitrogen and oxygen atoms in total. The van der Waals surface area contributed by atoms with Gasteiger partial charge in [-0.25, -0.2) is 4.68 Å². The van der Waals surface area contributed by atoms with Crippen molar-refractivity contribution in [3.63, 3.8) is 0 Å². The number of hydrogen-bond acceptors (Lipinski definition) is 2. The van der Waals surface area contributed by atoms with Crippen molar-refractivity contribution in [3.05, 3.63) is 41.2 Å². The molecule has 0 aliphatic carbocycles. The number of ether oxygens (including phenoxy) is 1. The number of aromatic nitrogens is 2. The molecule has 1 heterocycles. The molecule has 0 aliphatic heterocycles. The maximum absolute atomic E-state index is 12.6. The van der Waals surface area contributed by atoms with Gasteiger partial charge in [0.2, 0.25) is 0 Å². The van der Waals surface area contributed by atoms with E-state index in [2.05, 4.69) is 5.10 Å². The Labute approximate surface area is 108 Å². The predicted octanol–water partition coefficient (Wildman–Crippen LogP) is 3.52. The van der Waals surface area contributed by atoms with Crippen LogP contribution in [-0.4, -0.2) is 16.9 Å². The Bertz CT molecular complexity index is 579. The van der Waals surface area contributed by atoms with Crippen LogP contribution in [0.5, 0.6) is 5.75 Å². The largest absolute Gasteiger partial charge is 0.497 e. The number of rotatable bonds is 2. The Morgan fingerprint density at radius 2 is 1.74 bits per heavy atom. The minimum absolute atomic E-state index is 0.635. The van der Waals surface area contributed by atoms with E-state index in [1.54, 1.807) is 33.1 Å². The highest BCUT2D eigenvalue weighted by molar-refractivity contribution is 5.51. The average molecular weight is 270 g/mol. The molecule has 0 amide bonds. The standard InChI is InChI=1S/C13H13F3N2O/c1-8-4-11(19-3)5-9(2)12(8)18-7-10(6-17-18)13(14,15)16/h4-7H,1-3H3. The maximum atomic E-state index is 12.6. The lowest BCUT2D eigenvalue weighted by atomic mass is 10.1. The van der Waals surface area contributed by atoms with Crippen LogP contribution in [0, 0.1) is 13.8 Å². The van der Waals surface area contributed by atoms with Crippen LogP contribution in [-0.2, 0) is 6.18 Å². The number of benzene rings is 1. The van der Waals surface area contributed by atoms with Crippen molar-refractivity contribution in [1.29, 1.82) is 0 Å². The van der Waals surface area contributed by atoms with E-state index >= 15 is 0 Å². The zero-order valence-corrected chi connectivity index (χ0v) is 10.7. The van der Waals surface area contributed by atoms with Crippen LogP contribution in [0.3, 0.4) is 0 Å². The first-order valence-electron chi connectivity index (χ1n) is 5.60. The third-order valence-electron chi connectivity index (χ3n) is 2.84. The fraction of sp³-hybridized carbons (Fsp3) is 0.308. The SMILES string of the molecule is COc1cc(C)c(-n2cc(C(F)(F)F)cn2)c(C)c1. The normalized spacial score (nSPS) is 11.7. The highest BCUT2D eigenvalue weighted by Crippen LogP contribution is 2.31. The summed E-state index contributed by atoms with van der Waals surface area (Å²) in [5, 5.41) is 3.79. The van der Waals surface area contributed by atoms with Gasteiger partial charge >= 0.3 is 6.18 Å². The van der Waals surface area contributed by atoms with Gasteiger partial charge in [-0.05, 0) is 37.1 Å². The number of alkyl halides is 3. The first kappa shape index (κ1) is 13.5. The molecule has 0 radical (unpaired) electrons. The van der Waals surface area contributed by atoms with E-state index < -0.39 is 11.7 Å². The number of aryl methyl sites for hydroxylation is 2. The summed E-state index contributed by atoms with van der Waals surface area (Å²) in [5.41, 5.74) is 1.47. The van der Waals surface area contributed by atoms with Gasteiger partial charge in [-0.3, -0.25) is 0 Å².